The summed E-state index contributed by atoms with van der Waals surface area (Å²) < 4.78 is 0. The Labute approximate surface area is 76.5 Å². The smallest absolute Gasteiger partial charge is 0.129 e. The highest BCUT2D eigenvalue weighted by atomic mass is 16.3. The molecule has 3 N–H and O–H groups in total. The average Bonchev–Trinajstić information content (AvgIpc) is 2.14. The molecule has 0 saturated carbocycles. The maximum atomic E-state index is 9.03. The lowest BCUT2D eigenvalue weighted by atomic mass is 10.4. The fourth-order valence-corrected chi connectivity index (χ4v) is 0.842. The molecule has 1 aromatic heterocycles. The molecule has 0 radical (unpaired) electrons. The molecule has 0 saturated heterocycles. The number of hydrogen-bond donors (Lipinski definition) is 3. The Morgan fingerprint density at radius 3 is 3.00 bits per heavy atom. The van der Waals surface area contributed by atoms with Crippen molar-refractivity contribution in [3.63, 3.8) is 0 Å². The number of nitrogens with zero attached hydrogens (tertiary/aromatic N) is 2. The molecule has 0 amide bonds. The molecule has 13 heavy (non-hydrogen) atoms. The molecule has 5 heteroatoms. The van der Waals surface area contributed by atoms with Crippen LogP contribution in [0.25, 0.3) is 0 Å². The third kappa shape index (κ3) is 3.35. The van der Waals surface area contributed by atoms with Crippen molar-refractivity contribution >= 4 is 5.82 Å². The second-order valence-corrected chi connectivity index (χ2v) is 2.71. The van der Waals surface area contributed by atoms with Crippen LogP contribution in [0, 0.1) is 6.92 Å². The highest BCUT2D eigenvalue weighted by Gasteiger charge is 2.01. The quantitative estimate of drug-likeness (QED) is 0.589. The van der Waals surface area contributed by atoms with E-state index in [0.717, 1.165) is 0 Å². The van der Waals surface area contributed by atoms with E-state index < -0.39 is 6.10 Å². The van der Waals surface area contributed by atoms with Crippen molar-refractivity contribution in [3.8, 4) is 0 Å². The van der Waals surface area contributed by atoms with Gasteiger partial charge >= 0.3 is 0 Å². The van der Waals surface area contributed by atoms with Crippen LogP contribution < -0.4 is 5.32 Å². The Bertz CT molecular complexity index is 267. The topological polar surface area (TPSA) is 78.3 Å². The molecule has 1 heterocycles. The van der Waals surface area contributed by atoms with Crippen LogP contribution in [-0.2, 0) is 0 Å². The van der Waals surface area contributed by atoms with Gasteiger partial charge in [0.1, 0.15) is 11.6 Å². The number of aryl methyl sites for hydroxylation is 1. The van der Waals surface area contributed by atoms with E-state index in [1.54, 1.807) is 19.2 Å². The number of aliphatic hydroxyl groups is 2. The van der Waals surface area contributed by atoms with Crippen LogP contribution in [0.15, 0.2) is 12.3 Å². The first kappa shape index (κ1) is 9.88. The van der Waals surface area contributed by atoms with Crippen LogP contribution in [0.4, 0.5) is 5.82 Å². The van der Waals surface area contributed by atoms with E-state index in [-0.39, 0.29) is 13.2 Å². The van der Waals surface area contributed by atoms with Crippen LogP contribution in [0.1, 0.15) is 5.82 Å². The van der Waals surface area contributed by atoms with Crippen LogP contribution >= 0.6 is 0 Å². The first-order valence-electron chi connectivity index (χ1n) is 4.05. The lowest BCUT2D eigenvalue weighted by molar-refractivity contribution is 0.105. The van der Waals surface area contributed by atoms with E-state index in [9.17, 15) is 0 Å². The highest BCUT2D eigenvalue weighted by Crippen LogP contribution is 2.00. The van der Waals surface area contributed by atoms with Gasteiger partial charge in [0.05, 0.1) is 12.7 Å². The Kier molecular flexibility index (Phi) is 3.60. The van der Waals surface area contributed by atoms with Gasteiger partial charge in [-0.2, -0.15) is 0 Å². The molecule has 5 nitrogen and oxygen atoms in total. The van der Waals surface area contributed by atoms with Gasteiger partial charge in [0.25, 0.3) is 0 Å². The molecule has 1 aromatic rings. The summed E-state index contributed by atoms with van der Waals surface area (Å²) in [5, 5.41) is 20.5. The van der Waals surface area contributed by atoms with Crippen LogP contribution in [0.3, 0.4) is 0 Å². The molecule has 0 bridgehead atoms. The summed E-state index contributed by atoms with van der Waals surface area (Å²) in [6.07, 6.45) is 0.881. The van der Waals surface area contributed by atoms with Crippen LogP contribution in [-0.4, -0.2) is 39.4 Å². The maximum Gasteiger partial charge on any atom is 0.129 e. The standard InChI is InChI=1S/C8H13N3O2/c1-6-9-3-2-8(11-6)10-4-7(13)5-12/h2-3,7,12-13H,4-5H2,1H3,(H,9,10,11). The van der Waals surface area contributed by atoms with E-state index >= 15 is 0 Å². The zero-order valence-corrected chi connectivity index (χ0v) is 7.44. The summed E-state index contributed by atoms with van der Waals surface area (Å²) in [7, 11) is 0. The normalized spacial score (nSPS) is 12.5. The molecular weight excluding hydrogens is 170 g/mol. The third-order valence-corrected chi connectivity index (χ3v) is 1.51. The van der Waals surface area contributed by atoms with Gasteiger partial charge in [-0.1, -0.05) is 0 Å². The van der Waals surface area contributed by atoms with Crippen molar-refractivity contribution in [2.45, 2.75) is 13.0 Å². The van der Waals surface area contributed by atoms with Crippen molar-refractivity contribution in [2.24, 2.45) is 0 Å². The lowest BCUT2D eigenvalue weighted by Crippen LogP contribution is -2.23. The first-order valence-corrected chi connectivity index (χ1v) is 4.05. The fourth-order valence-electron chi connectivity index (χ4n) is 0.842. The van der Waals surface area contributed by atoms with Gasteiger partial charge in [-0.25, -0.2) is 9.97 Å². The zero-order valence-electron chi connectivity index (χ0n) is 7.44. The van der Waals surface area contributed by atoms with Crippen LogP contribution in [0.2, 0.25) is 0 Å². The molecule has 1 unspecified atom stereocenters. The average molecular weight is 183 g/mol. The van der Waals surface area contributed by atoms with Crippen molar-refractivity contribution < 1.29 is 10.2 Å². The Hall–Kier alpha value is -1.20. The summed E-state index contributed by atoms with van der Waals surface area (Å²) in [6, 6.07) is 1.71. The molecule has 72 valence electrons. The number of nitrogens with one attached hydrogen (secondary N) is 1. The van der Waals surface area contributed by atoms with E-state index in [1.165, 1.54) is 0 Å². The number of aromatic nitrogens is 2. The van der Waals surface area contributed by atoms with Gasteiger partial charge < -0.3 is 15.5 Å². The monoisotopic (exact) mass is 183 g/mol. The van der Waals surface area contributed by atoms with Crippen molar-refractivity contribution in [3.05, 3.63) is 18.1 Å². The minimum absolute atomic E-state index is 0.253. The first-order chi connectivity index (χ1) is 6.22. The molecule has 0 spiro atoms. The van der Waals surface area contributed by atoms with E-state index in [0.29, 0.717) is 11.6 Å². The van der Waals surface area contributed by atoms with E-state index in [1.807, 2.05) is 0 Å². The fraction of sp³-hybridized carbons (Fsp3) is 0.500. The van der Waals surface area contributed by atoms with Crippen molar-refractivity contribution in [2.75, 3.05) is 18.5 Å². The van der Waals surface area contributed by atoms with E-state index in [4.69, 9.17) is 10.2 Å². The van der Waals surface area contributed by atoms with Crippen LogP contribution in [0.5, 0.6) is 0 Å². The summed E-state index contributed by atoms with van der Waals surface area (Å²) in [6.45, 7) is 1.82. The number of rotatable bonds is 4. The second-order valence-electron chi connectivity index (χ2n) is 2.71. The molecule has 0 aliphatic heterocycles. The molecule has 0 fully saturated rings. The third-order valence-electron chi connectivity index (χ3n) is 1.51. The minimum Gasteiger partial charge on any atom is -0.394 e. The van der Waals surface area contributed by atoms with Crippen molar-refractivity contribution in [1.82, 2.24) is 9.97 Å². The Balaban J connectivity index is 2.45. The Morgan fingerprint density at radius 2 is 2.38 bits per heavy atom. The van der Waals surface area contributed by atoms with Gasteiger partial charge in [0.2, 0.25) is 0 Å². The van der Waals surface area contributed by atoms with Gasteiger partial charge in [-0.3, -0.25) is 0 Å². The summed E-state index contributed by atoms with van der Waals surface area (Å²) in [4.78, 5) is 7.99. The van der Waals surface area contributed by atoms with Gasteiger partial charge in [0, 0.05) is 12.7 Å². The molecule has 0 aliphatic rings. The minimum atomic E-state index is -0.754. The lowest BCUT2D eigenvalue weighted by Gasteiger charge is -2.08. The molecule has 1 rings (SSSR count). The summed E-state index contributed by atoms with van der Waals surface area (Å²) >= 11 is 0. The van der Waals surface area contributed by atoms with Crippen molar-refractivity contribution in [1.29, 1.82) is 0 Å². The molecule has 1 atom stereocenters. The predicted molar refractivity (Wildman–Crippen MR) is 48.4 cm³/mol. The highest BCUT2D eigenvalue weighted by molar-refractivity contribution is 5.32. The molecular formula is C8H13N3O2. The SMILES string of the molecule is Cc1nccc(NCC(O)CO)n1. The molecule has 0 aliphatic carbocycles. The van der Waals surface area contributed by atoms with Gasteiger partial charge in [-0.05, 0) is 13.0 Å². The van der Waals surface area contributed by atoms with Gasteiger partial charge in [-0.15, -0.1) is 0 Å². The molecule has 0 aromatic carbocycles. The predicted octanol–water partition coefficient (Wildman–Crippen LogP) is -0.450. The second kappa shape index (κ2) is 4.74. The van der Waals surface area contributed by atoms with E-state index in [2.05, 4.69) is 15.3 Å². The largest absolute Gasteiger partial charge is 0.394 e. The Morgan fingerprint density at radius 1 is 1.62 bits per heavy atom. The number of anilines is 1. The number of aliphatic hydroxyl groups excluding tert-OH is 2. The summed E-state index contributed by atoms with van der Waals surface area (Å²) in [5.41, 5.74) is 0. The zero-order chi connectivity index (χ0) is 9.68. The number of hydrogen-bond acceptors (Lipinski definition) is 5. The van der Waals surface area contributed by atoms with Gasteiger partial charge in [0.15, 0.2) is 0 Å². The maximum absolute atomic E-state index is 9.03. The summed E-state index contributed by atoms with van der Waals surface area (Å²) in [5.74, 6) is 1.32.